The molecule has 1 N–H and O–H groups in total. The third kappa shape index (κ3) is 4.37. The van der Waals surface area contributed by atoms with E-state index in [1.807, 2.05) is 0 Å². The summed E-state index contributed by atoms with van der Waals surface area (Å²) in [7, 11) is 0. The molecule has 2 amide bonds. The molecule has 0 spiro atoms. The Balaban J connectivity index is 1.64. The average Bonchev–Trinajstić information content (AvgIpc) is 3.09. The number of carbonyl (C=O) groups is 2. The maximum absolute atomic E-state index is 13.0. The molecule has 130 valence electrons. The largest absolute Gasteiger partial charge is 0.330 e. The molecule has 0 unspecified atom stereocenters. The molecule has 0 bridgehead atoms. The second-order valence-corrected chi connectivity index (χ2v) is 6.48. The zero-order valence-corrected chi connectivity index (χ0v) is 14.3. The Hall–Kier alpha value is -2.40. The van der Waals surface area contributed by atoms with Crippen LogP contribution in [0, 0.1) is 5.82 Å². The van der Waals surface area contributed by atoms with Gasteiger partial charge in [0.15, 0.2) is 0 Å². The van der Waals surface area contributed by atoms with Gasteiger partial charge in [0, 0.05) is 17.3 Å². The third-order valence-corrected chi connectivity index (χ3v) is 4.51. The van der Waals surface area contributed by atoms with Gasteiger partial charge in [-0.2, -0.15) is 0 Å². The molecule has 0 saturated carbocycles. The Bertz CT molecular complexity index is 696. The minimum absolute atomic E-state index is 0.125. The van der Waals surface area contributed by atoms with Crippen molar-refractivity contribution in [3.05, 3.63) is 64.9 Å². The quantitative estimate of drug-likeness (QED) is 0.904. The normalized spacial score (nSPS) is 16.7. The summed E-state index contributed by atoms with van der Waals surface area (Å²) in [5.74, 6) is -0.662. The van der Waals surface area contributed by atoms with Gasteiger partial charge in [-0.15, -0.1) is 0 Å². The number of nitrogens with one attached hydrogen (secondary N) is 1. The zero-order chi connectivity index (χ0) is 17.8. The molecule has 0 aliphatic carbocycles. The lowest BCUT2D eigenvalue weighted by Gasteiger charge is -2.24. The van der Waals surface area contributed by atoms with E-state index in [1.54, 1.807) is 41.3 Å². The summed E-state index contributed by atoms with van der Waals surface area (Å²) >= 11 is 5.84. The Kier molecular flexibility index (Phi) is 5.34. The third-order valence-electron chi connectivity index (χ3n) is 4.26. The Morgan fingerprint density at radius 2 is 1.80 bits per heavy atom. The van der Waals surface area contributed by atoms with Gasteiger partial charge < -0.3 is 10.2 Å². The van der Waals surface area contributed by atoms with Crippen LogP contribution in [0.4, 0.5) is 10.1 Å². The second-order valence-electron chi connectivity index (χ2n) is 6.04. The fraction of sp³-hybridized carbons (Fsp3) is 0.263. The van der Waals surface area contributed by atoms with Crippen LogP contribution >= 0.6 is 11.6 Å². The number of halogens is 2. The molecule has 1 aliphatic heterocycles. The van der Waals surface area contributed by atoms with Crippen LogP contribution in [0.5, 0.6) is 0 Å². The predicted molar refractivity (Wildman–Crippen MR) is 94.9 cm³/mol. The van der Waals surface area contributed by atoms with Gasteiger partial charge in [-0.3, -0.25) is 9.59 Å². The molecule has 3 rings (SSSR count). The van der Waals surface area contributed by atoms with Crippen molar-refractivity contribution in [3.8, 4) is 0 Å². The van der Waals surface area contributed by atoms with Crippen LogP contribution in [0.15, 0.2) is 48.5 Å². The van der Waals surface area contributed by atoms with Crippen LogP contribution in [0.2, 0.25) is 5.02 Å². The fourth-order valence-electron chi connectivity index (χ4n) is 2.98. The summed E-state index contributed by atoms with van der Waals surface area (Å²) in [4.78, 5) is 26.7. The van der Waals surface area contributed by atoms with E-state index in [2.05, 4.69) is 5.32 Å². The van der Waals surface area contributed by atoms with E-state index in [4.69, 9.17) is 11.6 Å². The first kappa shape index (κ1) is 17.4. The lowest BCUT2D eigenvalue weighted by atomic mass is 10.1. The summed E-state index contributed by atoms with van der Waals surface area (Å²) in [5, 5.41) is 3.42. The number of rotatable bonds is 4. The molecule has 4 nitrogen and oxygen atoms in total. The van der Waals surface area contributed by atoms with Crippen molar-refractivity contribution in [3.63, 3.8) is 0 Å². The number of hydrogen-bond donors (Lipinski definition) is 1. The first-order valence-electron chi connectivity index (χ1n) is 8.13. The fourth-order valence-corrected chi connectivity index (χ4v) is 3.10. The summed E-state index contributed by atoms with van der Waals surface area (Å²) in [6.07, 6.45) is 1.58. The lowest BCUT2D eigenvalue weighted by molar-refractivity contribution is -0.136. The van der Waals surface area contributed by atoms with Crippen molar-refractivity contribution in [1.82, 2.24) is 4.90 Å². The number of anilines is 1. The highest BCUT2D eigenvalue weighted by Gasteiger charge is 2.33. The van der Waals surface area contributed by atoms with Crippen molar-refractivity contribution >= 4 is 29.1 Å². The maximum atomic E-state index is 13.0. The van der Waals surface area contributed by atoms with Crippen molar-refractivity contribution in [2.45, 2.75) is 25.3 Å². The average molecular weight is 361 g/mol. The van der Waals surface area contributed by atoms with Gasteiger partial charge in [0.05, 0.1) is 6.42 Å². The molecule has 1 saturated heterocycles. The molecular weight excluding hydrogens is 343 g/mol. The number of benzene rings is 2. The molecular formula is C19H18ClFN2O2. The van der Waals surface area contributed by atoms with Gasteiger partial charge in [0.25, 0.3) is 0 Å². The van der Waals surface area contributed by atoms with Crippen LogP contribution in [0.1, 0.15) is 18.4 Å². The molecule has 1 atom stereocenters. The summed E-state index contributed by atoms with van der Waals surface area (Å²) in [5.41, 5.74) is 1.38. The van der Waals surface area contributed by atoms with Crippen molar-refractivity contribution in [2.24, 2.45) is 0 Å². The van der Waals surface area contributed by atoms with E-state index < -0.39 is 6.04 Å². The molecule has 2 aromatic carbocycles. The van der Waals surface area contributed by atoms with E-state index in [0.717, 1.165) is 12.0 Å². The molecule has 6 heteroatoms. The van der Waals surface area contributed by atoms with Crippen molar-refractivity contribution < 1.29 is 14.0 Å². The van der Waals surface area contributed by atoms with Crippen LogP contribution in [-0.2, 0) is 16.0 Å². The Labute approximate surface area is 150 Å². The molecule has 0 aromatic heterocycles. The maximum Gasteiger partial charge on any atom is 0.247 e. The van der Waals surface area contributed by atoms with Gasteiger partial charge >= 0.3 is 0 Å². The number of carbonyl (C=O) groups excluding carboxylic acids is 2. The minimum Gasteiger partial charge on any atom is -0.330 e. The Morgan fingerprint density at radius 1 is 1.12 bits per heavy atom. The summed E-state index contributed by atoms with van der Waals surface area (Å²) in [6, 6.07) is 12.2. The van der Waals surface area contributed by atoms with E-state index >= 15 is 0 Å². The monoisotopic (exact) mass is 360 g/mol. The summed E-state index contributed by atoms with van der Waals surface area (Å²) in [6.45, 7) is 0.554. The highest BCUT2D eigenvalue weighted by Crippen LogP contribution is 2.21. The van der Waals surface area contributed by atoms with Crippen LogP contribution < -0.4 is 5.32 Å². The van der Waals surface area contributed by atoms with Gasteiger partial charge in [-0.05, 0) is 54.8 Å². The second kappa shape index (κ2) is 7.66. The van der Waals surface area contributed by atoms with E-state index in [-0.39, 0.29) is 24.1 Å². The number of hydrogen-bond acceptors (Lipinski definition) is 2. The van der Waals surface area contributed by atoms with Crippen LogP contribution in [0.25, 0.3) is 0 Å². The van der Waals surface area contributed by atoms with Gasteiger partial charge in [-0.1, -0.05) is 23.7 Å². The first-order valence-corrected chi connectivity index (χ1v) is 8.51. The topological polar surface area (TPSA) is 49.4 Å². The standard InChI is InChI=1S/C19H18ClFN2O2/c20-14-5-9-16(10-6-14)22-19(25)17-2-1-11-23(17)18(24)12-13-3-7-15(21)8-4-13/h3-10,17H,1-2,11-12H2,(H,22,25)/t17-/m0/s1. The van der Waals surface area contributed by atoms with E-state index in [0.29, 0.717) is 23.7 Å². The number of nitrogens with zero attached hydrogens (tertiary/aromatic N) is 1. The molecule has 0 radical (unpaired) electrons. The molecule has 2 aromatic rings. The van der Waals surface area contributed by atoms with Gasteiger partial charge in [0.1, 0.15) is 11.9 Å². The SMILES string of the molecule is O=C(Nc1ccc(Cl)cc1)[C@@H]1CCCN1C(=O)Cc1ccc(F)cc1. The van der Waals surface area contributed by atoms with E-state index in [1.165, 1.54) is 12.1 Å². The summed E-state index contributed by atoms with van der Waals surface area (Å²) < 4.78 is 13.0. The van der Waals surface area contributed by atoms with Crippen LogP contribution in [0.3, 0.4) is 0 Å². The van der Waals surface area contributed by atoms with Crippen LogP contribution in [-0.4, -0.2) is 29.3 Å². The zero-order valence-electron chi connectivity index (χ0n) is 13.5. The molecule has 1 fully saturated rings. The van der Waals surface area contributed by atoms with E-state index in [9.17, 15) is 14.0 Å². The molecule has 1 aliphatic rings. The minimum atomic E-state index is -0.483. The lowest BCUT2D eigenvalue weighted by Crippen LogP contribution is -2.43. The van der Waals surface area contributed by atoms with Gasteiger partial charge in [-0.25, -0.2) is 4.39 Å². The first-order chi connectivity index (χ1) is 12.0. The van der Waals surface area contributed by atoms with Gasteiger partial charge in [0.2, 0.25) is 11.8 Å². The smallest absolute Gasteiger partial charge is 0.247 e. The Morgan fingerprint density at radius 3 is 2.48 bits per heavy atom. The van der Waals surface area contributed by atoms with Crippen molar-refractivity contribution in [2.75, 3.05) is 11.9 Å². The highest BCUT2D eigenvalue weighted by atomic mass is 35.5. The number of likely N-dealkylation sites (tertiary alicyclic amines) is 1. The van der Waals surface area contributed by atoms with Crippen molar-refractivity contribution in [1.29, 1.82) is 0 Å². The molecule has 1 heterocycles. The highest BCUT2D eigenvalue weighted by molar-refractivity contribution is 6.30. The number of amides is 2. The predicted octanol–water partition coefficient (Wildman–Crippen LogP) is 3.65. The molecule has 25 heavy (non-hydrogen) atoms.